The number of carbonyl (C=O) groups is 2. The third kappa shape index (κ3) is 8.21. The Kier molecular flexibility index (Phi) is 7.52. The van der Waals surface area contributed by atoms with Gasteiger partial charge in [-0.1, -0.05) is 18.6 Å². The molecule has 0 aliphatic rings. The number of allylic oxidation sites excluding steroid dienone is 2. The largest absolute Gasteiger partial charge is 0.455 e. The number of esters is 1. The second-order valence-electron chi connectivity index (χ2n) is 4.48. The number of hydrogen-bond acceptors (Lipinski definition) is 3. The smallest absolute Gasteiger partial charge is 0.303 e. The Hall–Kier alpha value is -1.12. The normalized spacial score (nSPS) is 13.8. The molecule has 3 heteroatoms. The van der Waals surface area contributed by atoms with Gasteiger partial charge in [-0.05, 0) is 39.0 Å². The molecule has 0 spiro atoms. The number of hydrogen-bond donors (Lipinski definition) is 0. The van der Waals surface area contributed by atoms with Gasteiger partial charge in [-0.25, -0.2) is 0 Å². The van der Waals surface area contributed by atoms with Crippen LogP contribution >= 0.6 is 0 Å². The second kappa shape index (κ2) is 8.08. The van der Waals surface area contributed by atoms with Crippen molar-refractivity contribution in [2.24, 2.45) is 5.92 Å². The predicted molar refractivity (Wildman–Crippen MR) is 64.1 cm³/mol. The van der Waals surface area contributed by atoms with Crippen LogP contribution in [0, 0.1) is 5.92 Å². The lowest BCUT2D eigenvalue weighted by Crippen LogP contribution is -2.20. The van der Waals surface area contributed by atoms with E-state index >= 15 is 0 Å². The van der Waals surface area contributed by atoms with Crippen LogP contribution < -0.4 is 0 Å². The second-order valence-corrected chi connectivity index (χ2v) is 4.48. The Morgan fingerprint density at radius 1 is 1.31 bits per heavy atom. The van der Waals surface area contributed by atoms with Gasteiger partial charge in [0.15, 0.2) is 12.4 Å². The Labute approximate surface area is 97.9 Å². The summed E-state index contributed by atoms with van der Waals surface area (Å²) < 4.78 is 4.88. The summed E-state index contributed by atoms with van der Waals surface area (Å²) in [4.78, 5) is 21.4. The highest BCUT2D eigenvalue weighted by atomic mass is 16.5. The molecule has 0 bridgehead atoms. The molecule has 3 nitrogen and oxygen atoms in total. The first kappa shape index (κ1) is 14.9. The molecule has 0 saturated heterocycles. The van der Waals surface area contributed by atoms with Gasteiger partial charge in [0.2, 0.25) is 0 Å². The minimum Gasteiger partial charge on any atom is -0.455 e. The Balaban J connectivity index is 3.91. The van der Waals surface area contributed by atoms with Crippen molar-refractivity contribution < 1.29 is 14.3 Å². The molecule has 2 atom stereocenters. The van der Waals surface area contributed by atoms with Crippen molar-refractivity contribution in [2.45, 2.75) is 53.1 Å². The van der Waals surface area contributed by atoms with Gasteiger partial charge in [0.1, 0.15) is 0 Å². The van der Waals surface area contributed by atoms with E-state index in [1.807, 2.05) is 0 Å². The fourth-order valence-corrected chi connectivity index (χ4v) is 1.52. The monoisotopic (exact) mass is 226 g/mol. The van der Waals surface area contributed by atoms with Gasteiger partial charge in [0.05, 0.1) is 0 Å². The molecular weight excluding hydrogens is 204 g/mol. The molecule has 0 aromatic rings. The fourth-order valence-electron chi connectivity index (χ4n) is 1.52. The van der Waals surface area contributed by atoms with Crippen LogP contribution in [0.4, 0.5) is 0 Å². The van der Waals surface area contributed by atoms with Gasteiger partial charge >= 0.3 is 5.97 Å². The van der Waals surface area contributed by atoms with Crippen LogP contribution in [0.5, 0.6) is 0 Å². The lowest BCUT2D eigenvalue weighted by Gasteiger charge is -2.15. The number of carbonyl (C=O) groups excluding carboxylic acids is 2. The molecule has 1 unspecified atom stereocenters. The maximum absolute atomic E-state index is 10.7. The summed E-state index contributed by atoms with van der Waals surface area (Å²) in [6.45, 7) is 7.53. The minimum absolute atomic E-state index is 0.380. The Morgan fingerprint density at radius 3 is 2.38 bits per heavy atom. The third-order valence-electron chi connectivity index (χ3n) is 2.32. The van der Waals surface area contributed by atoms with Crippen LogP contribution in [0.15, 0.2) is 11.6 Å². The zero-order valence-corrected chi connectivity index (χ0v) is 10.7. The topological polar surface area (TPSA) is 43.4 Å². The maximum Gasteiger partial charge on any atom is 0.303 e. The number of ether oxygens (including phenoxy) is 1. The van der Waals surface area contributed by atoms with E-state index in [2.05, 4.69) is 26.8 Å². The lowest BCUT2D eigenvalue weighted by atomic mass is 9.98. The van der Waals surface area contributed by atoms with Gasteiger partial charge in [-0.2, -0.15) is 0 Å². The number of aldehydes is 1. The first-order chi connectivity index (χ1) is 7.45. The van der Waals surface area contributed by atoms with Crippen LogP contribution in [0.2, 0.25) is 0 Å². The van der Waals surface area contributed by atoms with Crippen LogP contribution in [0.1, 0.15) is 47.0 Å². The molecule has 0 heterocycles. The summed E-state index contributed by atoms with van der Waals surface area (Å²) >= 11 is 0. The van der Waals surface area contributed by atoms with E-state index in [-0.39, 0.29) is 0 Å². The summed E-state index contributed by atoms with van der Waals surface area (Å²) in [5, 5.41) is 0. The molecule has 0 saturated carbocycles. The van der Waals surface area contributed by atoms with Gasteiger partial charge in [0.25, 0.3) is 0 Å². The SMILES string of the molecule is CC(=O)O[C@@H](C=O)CC(C)CCC=C(C)C. The fraction of sp³-hybridized carbons (Fsp3) is 0.692. The van der Waals surface area contributed by atoms with Crippen molar-refractivity contribution in [1.82, 2.24) is 0 Å². The minimum atomic E-state index is -0.584. The van der Waals surface area contributed by atoms with E-state index in [9.17, 15) is 9.59 Å². The van der Waals surface area contributed by atoms with Crippen molar-refractivity contribution in [3.63, 3.8) is 0 Å². The standard InChI is InChI=1S/C13H22O3/c1-10(2)6-5-7-11(3)8-13(9-14)16-12(4)15/h6,9,11,13H,5,7-8H2,1-4H3/t11?,13-/m1/s1. The maximum atomic E-state index is 10.7. The predicted octanol–water partition coefficient (Wildman–Crippen LogP) is 2.89. The van der Waals surface area contributed by atoms with Gasteiger partial charge < -0.3 is 4.74 Å². The molecule has 0 aliphatic carbocycles. The molecule has 0 N–H and O–H groups in total. The van der Waals surface area contributed by atoms with Crippen LogP contribution in [0.3, 0.4) is 0 Å². The van der Waals surface area contributed by atoms with Crippen molar-refractivity contribution in [3.8, 4) is 0 Å². The summed E-state index contributed by atoms with van der Waals surface area (Å²) in [6.07, 6.45) is 4.93. The Morgan fingerprint density at radius 2 is 1.94 bits per heavy atom. The number of rotatable bonds is 7. The van der Waals surface area contributed by atoms with E-state index < -0.39 is 12.1 Å². The Bertz CT molecular complexity index is 252. The summed E-state index contributed by atoms with van der Waals surface area (Å²) in [7, 11) is 0. The highest BCUT2D eigenvalue weighted by Gasteiger charge is 2.14. The molecule has 0 radical (unpaired) electrons. The molecule has 0 aromatic carbocycles. The molecule has 0 fully saturated rings. The van der Waals surface area contributed by atoms with Crippen molar-refractivity contribution >= 4 is 12.3 Å². The van der Waals surface area contributed by atoms with Crippen molar-refractivity contribution in [1.29, 1.82) is 0 Å². The zero-order chi connectivity index (χ0) is 12.6. The van der Waals surface area contributed by atoms with E-state index in [1.54, 1.807) is 0 Å². The summed E-state index contributed by atoms with van der Waals surface area (Å²) in [5.41, 5.74) is 1.30. The van der Waals surface area contributed by atoms with Crippen LogP contribution in [0.25, 0.3) is 0 Å². The van der Waals surface area contributed by atoms with Crippen molar-refractivity contribution in [2.75, 3.05) is 0 Å². The first-order valence-corrected chi connectivity index (χ1v) is 5.71. The molecule has 0 rings (SSSR count). The zero-order valence-electron chi connectivity index (χ0n) is 10.7. The van der Waals surface area contributed by atoms with Gasteiger partial charge in [-0.3, -0.25) is 9.59 Å². The van der Waals surface area contributed by atoms with Crippen LogP contribution in [-0.4, -0.2) is 18.4 Å². The third-order valence-corrected chi connectivity index (χ3v) is 2.32. The lowest BCUT2D eigenvalue weighted by molar-refractivity contribution is -0.150. The molecule has 92 valence electrons. The highest BCUT2D eigenvalue weighted by Crippen LogP contribution is 2.15. The molecule has 16 heavy (non-hydrogen) atoms. The van der Waals surface area contributed by atoms with Gasteiger partial charge in [-0.15, -0.1) is 0 Å². The van der Waals surface area contributed by atoms with E-state index in [1.165, 1.54) is 12.5 Å². The average molecular weight is 226 g/mol. The van der Waals surface area contributed by atoms with E-state index in [0.29, 0.717) is 18.6 Å². The van der Waals surface area contributed by atoms with E-state index in [4.69, 9.17) is 4.74 Å². The molecule has 0 aromatic heterocycles. The quantitative estimate of drug-likeness (QED) is 0.381. The molecular formula is C13H22O3. The van der Waals surface area contributed by atoms with E-state index in [0.717, 1.165) is 12.8 Å². The molecule has 0 aliphatic heterocycles. The summed E-state index contributed by atoms with van der Waals surface area (Å²) in [5.74, 6) is -0.0150. The first-order valence-electron chi connectivity index (χ1n) is 5.71. The average Bonchev–Trinajstić information content (AvgIpc) is 2.15. The molecule has 0 amide bonds. The van der Waals surface area contributed by atoms with Gasteiger partial charge in [0, 0.05) is 6.92 Å². The van der Waals surface area contributed by atoms with Crippen LogP contribution in [-0.2, 0) is 14.3 Å². The summed E-state index contributed by atoms with van der Waals surface area (Å²) in [6, 6.07) is 0. The van der Waals surface area contributed by atoms with Crippen molar-refractivity contribution in [3.05, 3.63) is 11.6 Å². The highest BCUT2D eigenvalue weighted by molar-refractivity contribution is 5.69.